The lowest BCUT2D eigenvalue weighted by Crippen LogP contribution is -2.24. The molecule has 0 saturated carbocycles. The van der Waals surface area contributed by atoms with E-state index in [1.54, 1.807) is 12.4 Å². The van der Waals surface area contributed by atoms with Crippen LogP contribution in [0.1, 0.15) is 98.9 Å². The number of dihydropyridines is 1. The molecule has 2 aromatic heterocycles. The fourth-order valence-corrected chi connectivity index (χ4v) is 5.49. The quantitative estimate of drug-likeness (QED) is 0.178. The van der Waals surface area contributed by atoms with Gasteiger partial charge in [-0.15, -0.1) is 0 Å². The van der Waals surface area contributed by atoms with Gasteiger partial charge >= 0.3 is 0 Å². The minimum atomic E-state index is -0.158. The maximum absolute atomic E-state index is 8.86. The van der Waals surface area contributed by atoms with E-state index in [0.29, 0.717) is 60.7 Å². The van der Waals surface area contributed by atoms with E-state index in [4.69, 9.17) is 29.6 Å². The number of anilines is 2. The van der Waals surface area contributed by atoms with Crippen molar-refractivity contribution < 1.29 is 14.2 Å². The van der Waals surface area contributed by atoms with Crippen LogP contribution in [0.4, 0.5) is 11.6 Å². The van der Waals surface area contributed by atoms with Crippen molar-refractivity contribution in [3.8, 4) is 5.75 Å². The number of aromatic nitrogens is 3. The van der Waals surface area contributed by atoms with Gasteiger partial charge in [0.25, 0.3) is 0 Å². The van der Waals surface area contributed by atoms with E-state index in [1.165, 1.54) is 0 Å². The molecule has 9 heteroatoms. The summed E-state index contributed by atoms with van der Waals surface area (Å²) in [6.07, 6.45) is 10.0. The molecule has 4 heterocycles. The van der Waals surface area contributed by atoms with Crippen molar-refractivity contribution in [2.45, 2.75) is 93.6 Å². The molecule has 2 N–H and O–H groups in total. The summed E-state index contributed by atoms with van der Waals surface area (Å²) < 4.78 is 18.9. The van der Waals surface area contributed by atoms with Gasteiger partial charge in [0.15, 0.2) is 5.82 Å². The zero-order valence-corrected chi connectivity index (χ0v) is 27.8. The molecule has 2 aliphatic rings. The molecule has 238 valence electrons. The lowest BCUT2D eigenvalue weighted by atomic mass is 9.88. The van der Waals surface area contributed by atoms with E-state index in [0.717, 1.165) is 53.7 Å². The second kappa shape index (κ2) is 14.8. The SMILES string of the molecule is CCOC(=N)/C(=C(/C)CCCCC(C)(C)C)c1cnc2cc1O[C@@H](C)CCOC1=C(C=NCC1C(C)C)c1nccc(n1)N2. The van der Waals surface area contributed by atoms with E-state index in [9.17, 15) is 0 Å². The first-order chi connectivity index (χ1) is 21.0. The van der Waals surface area contributed by atoms with Crippen LogP contribution in [0.2, 0.25) is 0 Å². The first-order valence-corrected chi connectivity index (χ1v) is 16.0. The molecule has 0 saturated heterocycles. The molecule has 4 rings (SSSR count). The molecule has 0 aromatic carbocycles. The summed E-state index contributed by atoms with van der Waals surface area (Å²) in [7, 11) is 0. The lowest BCUT2D eigenvalue weighted by molar-refractivity contribution is 0.121. The van der Waals surface area contributed by atoms with E-state index >= 15 is 0 Å². The largest absolute Gasteiger partial charge is 0.497 e. The van der Waals surface area contributed by atoms with Gasteiger partial charge in [0.1, 0.15) is 23.1 Å². The summed E-state index contributed by atoms with van der Waals surface area (Å²) in [5.74, 6) is 3.90. The molecular formula is C35H50N6O3. The Labute approximate surface area is 263 Å². The van der Waals surface area contributed by atoms with Crippen molar-refractivity contribution in [1.29, 1.82) is 5.41 Å². The highest BCUT2D eigenvalue weighted by Crippen LogP contribution is 2.36. The number of fused-ring (bicyclic) bond motifs is 5. The summed E-state index contributed by atoms with van der Waals surface area (Å²) in [6.45, 7) is 18.8. The van der Waals surface area contributed by atoms with Crippen LogP contribution in [0.15, 0.2) is 40.9 Å². The van der Waals surface area contributed by atoms with Gasteiger partial charge < -0.3 is 19.5 Å². The van der Waals surface area contributed by atoms with Gasteiger partial charge in [-0.1, -0.05) is 46.6 Å². The first kappa shape index (κ1) is 33.1. The highest BCUT2D eigenvalue weighted by Gasteiger charge is 2.28. The Kier molecular flexibility index (Phi) is 11.2. The number of pyridine rings is 1. The number of ether oxygens (including phenoxy) is 3. The maximum atomic E-state index is 8.86. The van der Waals surface area contributed by atoms with Gasteiger partial charge in [-0.05, 0) is 57.4 Å². The molecule has 1 unspecified atom stereocenters. The second-order valence-electron chi connectivity index (χ2n) is 13.3. The zero-order chi connectivity index (χ0) is 31.9. The number of unbranched alkanes of at least 4 members (excludes halogenated alkanes) is 1. The molecular weight excluding hydrogens is 552 g/mol. The van der Waals surface area contributed by atoms with Crippen LogP contribution in [0.3, 0.4) is 0 Å². The molecule has 2 atom stereocenters. The highest BCUT2D eigenvalue weighted by molar-refractivity contribution is 6.19. The van der Waals surface area contributed by atoms with E-state index < -0.39 is 0 Å². The predicted molar refractivity (Wildman–Crippen MR) is 179 cm³/mol. The van der Waals surface area contributed by atoms with Crippen molar-refractivity contribution >= 4 is 34.9 Å². The number of hydrogen-bond donors (Lipinski definition) is 2. The summed E-state index contributed by atoms with van der Waals surface area (Å²) in [6, 6.07) is 3.70. The fourth-order valence-electron chi connectivity index (χ4n) is 5.49. The Balaban J connectivity index is 1.72. The number of nitrogens with zero attached hydrogens (tertiary/aromatic N) is 4. The third-order valence-corrected chi connectivity index (χ3v) is 8.00. The minimum absolute atomic E-state index is 0.136. The van der Waals surface area contributed by atoms with E-state index in [2.05, 4.69) is 56.8 Å². The van der Waals surface area contributed by atoms with Gasteiger partial charge in [0, 0.05) is 54.7 Å². The molecule has 0 aliphatic carbocycles. The molecule has 0 fully saturated rings. The summed E-state index contributed by atoms with van der Waals surface area (Å²) in [5.41, 5.74) is 3.69. The molecule has 0 spiro atoms. The van der Waals surface area contributed by atoms with Gasteiger partial charge in [-0.25, -0.2) is 15.0 Å². The summed E-state index contributed by atoms with van der Waals surface area (Å²) in [5, 5.41) is 12.2. The normalized spacial score (nSPS) is 19.2. The van der Waals surface area contributed by atoms with Crippen molar-refractivity contribution in [3.05, 3.63) is 47.2 Å². The Bertz CT molecular complexity index is 1410. The van der Waals surface area contributed by atoms with E-state index in [1.807, 2.05) is 32.2 Å². The number of hydrogen-bond acceptors (Lipinski definition) is 9. The minimum Gasteiger partial charge on any atom is -0.497 e. The van der Waals surface area contributed by atoms with Crippen LogP contribution >= 0.6 is 0 Å². The average Bonchev–Trinajstić information content (AvgIpc) is 2.96. The molecule has 2 aliphatic heterocycles. The van der Waals surface area contributed by atoms with Crippen LogP contribution in [0.5, 0.6) is 5.75 Å². The van der Waals surface area contributed by atoms with Crippen LogP contribution in [0, 0.1) is 22.7 Å². The molecule has 9 nitrogen and oxygen atoms in total. The average molecular weight is 603 g/mol. The maximum Gasteiger partial charge on any atom is 0.213 e. The molecule has 0 amide bonds. The number of aliphatic imine (C=N–C) groups is 1. The first-order valence-electron chi connectivity index (χ1n) is 16.0. The number of allylic oxidation sites excluding steroid dienone is 2. The monoisotopic (exact) mass is 602 g/mol. The Morgan fingerprint density at radius 2 is 1.98 bits per heavy atom. The Hall–Kier alpha value is -3.75. The number of nitrogens with one attached hydrogen (secondary N) is 2. The Morgan fingerprint density at radius 1 is 1.18 bits per heavy atom. The van der Waals surface area contributed by atoms with Crippen LogP contribution in [0.25, 0.3) is 11.1 Å². The summed E-state index contributed by atoms with van der Waals surface area (Å²) >= 11 is 0. The zero-order valence-electron chi connectivity index (χ0n) is 27.8. The Morgan fingerprint density at radius 3 is 2.70 bits per heavy atom. The second-order valence-corrected chi connectivity index (χ2v) is 13.3. The van der Waals surface area contributed by atoms with E-state index in [-0.39, 0.29) is 17.9 Å². The lowest BCUT2D eigenvalue weighted by Gasteiger charge is -2.28. The topological polar surface area (TPSA) is 115 Å². The molecule has 0 radical (unpaired) electrons. The van der Waals surface area contributed by atoms with Gasteiger partial charge in [0.2, 0.25) is 5.90 Å². The molecule has 4 bridgehead atoms. The van der Waals surface area contributed by atoms with Crippen molar-refractivity contribution in [2.24, 2.45) is 22.2 Å². The van der Waals surface area contributed by atoms with Gasteiger partial charge in [0.05, 0.1) is 24.9 Å². The summed E-state index contributed by atoms with van der Waals surface area (Å²) in [4.78, 5) is 18.8. The van der Waals surface area contributed by atoms with Crippen molar-refractivity contribution in [1.82, 2.24) is 15.0 Å². The van der Waals surface area contributed by atoms with Crippen LogP contribution < -0.4 is 10.1 Å². The third kappa shape index (κ3) is 8.67. The van der Waals surface area contributed by atoms with Crippen molar-refractivity contribution in [3.63, 3.8) is 0 Å². The van der Waals surface area contributed by atoms with Gasteiger partial charge in [-0.2, -0.15) is 0 Å². The molecule has 44 heavy (non-hydrogen) atoms. The van der Waals surface area contributed by atoms with Crippen LogP contribution in [-0.4, -0.2) is 52.9 Å². The third-order valence-electron chi connectivity index (χ3n) is 8.00. The van der Waals surface area contributed by atoms with Crippen molar-refractivity contribution in [2.75, 3.05) is 25.1 Å². The number of rotatable bonds is 8. The molecule has 2 aromatic rings. The van der Waals surface area contributed by atoms with Gasteiger partial charge in [-0.3, -0.25) is 10.4 Å². The fraction of sp³-hybridized carbons (Fsp3) is 0.571. The van der Waals surface area contributed by atoms with Crippen LogP contribution in [-0.2, 0) is 9.47 Å². The smallest absolute Gasteiger partial charge is 0.213 e. The standard InChI is InChI=1S/C35H50N6O3/c1-9-42-33(36)31(23(4)12-10-11-15-35(6,7)8)26-21-39-30-18-28(26)44-24(5)14-17-43-32-25(22(2)3)19-37-20-27(32)34-38-16-13-29(40-30)41-34/h13,16,18,20-22,24-25,36H,9-12,14-15,17,19H2,1-8H3,(H,38,39,40,41)/b31-23-,36-33?/t24-,25?/m0/s1. The highest BCUT2D eigenvalue weighted by atomic mass is 16.5. The predicted octanol–water partition coefficient (Wildman–Crippen LogP) is 8.26.